The van der Waals surface area contributed by atoms with Crippen LogP contribution in [0.15, 0.2) is 34.9 Å². The molecule has 1 aromatic rings. The van der Waals surface area contributed by atoms with Gasteiger partial charge in [0.25, 0.3) is 0 Å². The van der Waals surface area contributed by atoms with Crippen molar-refractivity contribution >= 4 is 17.8 Å². The van der Waals surface area contributed by atoms with Crippen LogP contribution in [0.4, 0.5) is 13.2 Å². The summed E-state index contributed by atoms with van der Waals surface area (Å²) >= 11 is -0.214. The zero-order valence-electron chi connectivity index (χ0n) is 10.3. The number of hydrogen-bond acceptors (Lipinski definition) is 3. The summed E-state index contributed by atoms with van der Waals surface area (Å²) in [5.41, 5.74) is -3.80. The summed E-state index contributed by atoms with van der Waals surface area (Å²) in [6.45, 7) is 3.37. The highest BCUT2D eigenvalue weighted by atomic mass is 32.2. The van der Waals surface area contributed by atoms with Crippen LogP contribution >= 0.6 is 11.8 Å². The van der Waals surface area contributed by atoms with E-state index in [9.17, 15) is 23.3 Å². The van der Waals surface area contributed by atoms with E-state index in [1.165, 1.54) is 30.3 Å². The van der Waals surface area contributed by atoms with Gasteiger partial charge in [0, 0.05) is 16.9 Å². The lowest BCUT2D eigenvalue weighted by atomic mass is 10.1. The summed E-state index contributed by atoms with van der Waals surface area (Å²) in [6, 6.07) is 5.45. The number of hydrogen-bond donors (Lipinski definition) is 0. The maximum atomic E-state index is 12.1. The molecule has 19 heavy (non-hydrogen) atoms. The molecule has 0 aliphatic heterocycles. The molecule has 0 saturated heterocycles. The van der Waals surface area contributed by atoms with Crippen molar-refractivity contribution < 1.29 is 18.1 Å². The number of benzene rings is 1. The maximum absolute atomic E-state index is 12.1. The molecule has 0 radical (unpaired) electrons. The number of alkyl halides is 3. The molecule has 0 spiro atoms. The fraction of sp³-hybridized carbons (Fsp3) is 0.333. The molecule has 3 nitrogen and oxygen atoms in total. The van der Waals surface area contributed by atoms with Gasteiger partial charge in [-0.05, 0) is 29.5 Å². The average molecular weight is 291 g/mol. The van der Waals surface area contributed by atoms with Crippen molar-refractivity contribution in [2.24, 2.45) is 5.92 Å². The number of rotatable bonds is 4. The second-order valence-corrected chi connectivity index (χ2v) is 5.24. The van der Waals surface area contributed by atoms with Crippen LogP contribution in [0, 0.1) is 16.0 Å². The summed E-state index contributed by atoms with van der Waals surface area (Å²) in [5.74, 6) is -0.265. The lowest BCUT2D eigenvalue weighted by molar-refractivity contribution is -0.431. The average Bonchev–Trinajstić information content (AvgIpc) is 2.25. The van der Waals surface area contributed by atoms with Gasteiger partial charge in [-0.1, -0.05) is 26.0 Å². The Kier molecular flexibility index (Phi) is 4.99. The zero-order valence-corrected chi connectivity index (χ0v) is 11.1. The molecule has 7 heteroatoms. The summed E-state index contributed by atoms with van der Waals surface area (Å²) in [4.78, 5) is 10.4. The second kappa shape index (κ2) is 6.10. The molecule has 0 aliphatic rings. The number of thioether (sulfide) groups is 1. The van der Waals surface area contributed by atoms with E-state index in [0.717, 1.165) is 0 Å². The van der Waals surface area contributed by atoms with Gasteiger partial charge >= 0.3 is 5.51 Å². The molecular formula is C12H12F3NO2S. The SMILES string of the molecule is CC(C)/C(=C/c1ccc(SC(F)(F)F)cc1)[N+](=O)[O-]. The van der Waals surface area contributed by atoms with Gasteiger partial charge in [0.2, 0.25) is 5.70 Å². The van der Waals surface area contributed by atoms with Gasteiger partial charge in [-0.25, -0.2) is 0 Å². The summed E-state index contributed by atoms with van der Waals surface area (Å²) in [7, 11) is 0. The quantitative estimate of drug-likeness (QED) is 0.463. The first-order chi connectivity index (χ1) is 8.69. The van der Waals surface area contributed by atoms with E-state index in [2.05, 4.69) is 0 Å². The second-order valence-electron chi connectivity index (χ2n) is 4.10. The molecule has 0 bridgehead atoms. The van der Waals surface area contributed by atoms with Crippen LogP contribution in [0.1, 0.15) is 19.4 Å². The molecule has 0 heterocycles. The monoisotopic (exact) mass is 291 g/mol. The van der Waals surface area contributed by atoms with E-state index >= 15 is 0 Å². The Labute approximate surface area is 112 Å². The Hall–Kier alpha value is -1.50. The van der Waals surface area contributed by atoms with E-state index in [0.29, 0.717) is 5.56 Å². The van der Waals surface area contributed by atoms with Gasteiger partial charge in [-0.3, -0.25) is 10.1 Å². The Morgan fingerprint density at radius 3 is 2.21 bits per heavy atom. The van der Waals surface area contributed by atoms with E-state index in [1.54, 1.807) is 13.8 Å². The van der Waals surface area contributed by atoms with Gasteiger partial charge in [-0.15, -0.1) is 0 Å². The standard InChI is InChI=1S/C12H12F3NO2S/c1-8(2)11(16(17)18)7-9-3-5-10(6-4-9)19-12(13,14)15/h3-8H,1-2H3/b11-7-. The molecule has 1 aromatic carbocycles. The Morgan fingerprint density at radius 2 is 1.84 bits per heavy atom. The molecule has 1 rings (SSSR count). The van der Waals surface area contributed by atoms with Crippen molar-refractivity contribution in [3.63, 3.8) is 0 Å². The number of nitro groups is 1. The van der Waals surface area contributed by atoms with Crippen LogP contribution < -0.4 is 0 Å². The fourth-order valence-corrected chi connectivity index (χ4v) is 1.91. The van der Waals surface area contributed by atoms with Gasteiger partial charge in [0.15, 0.2) is 0 Å². The van der Waals surface area contributed by atoms with Crippen molar-refractivity contribution in [2.75, 3.05) is 0 Å². The first kappa shape index (κ1) is 15.6. The lowest BCUT2D eigenvalue weighted by Gasteiger charge is -2.06. The van der Waals surface area contributed by atoms with Crippen molar-refractivity contribution in [3.8, 4) is 0 Å². The van der Waals surface area contributed by atoms with Crippen LogP contribution in [0.5, 0.6) is 0 Å². The summed E-state index contributed by atoms with van der Waals surface area (Å²) in [6.07, 6.45) is 1.37. The summed E-state index contributed by atoms with van der Waals surface area (Å²) < 4.78 is 36.4. The van der Waals surface area contributed by atoms with Crippen LogP contribution in [-0.2, 0) is 0 Å². The molecule has 0 N–H and O–H groups in total. The predicted octanol–water partition coefficient (Wildman–Crippen LogP) is 4.57. The topological polar surface area (TPSA) is 43.1 Å². The molecule has 0 saturated carbocycles. The zero-order chi connectivity index (χ0) is 14.6. The molecule has 0 aromatic heterocycles. The maximum Gasteiger partial charge on any atom is 0.446 e. The minimum absolute atomic E-state index is 0.0243. The molecule has 104 valence electrons. The first-order valence-corrected chi connectivity index (χ1v) is 6.22. The third-order valence-corrected chi connectivity index (χ3v) is 2.97. The minimum atomic E-state index is -4.33. The molecule has 0 fully saturated rings. The largest absolute Gasteiger partial charge is 0.446 e. The highest BCUT2D eigenvalue weighted by Gasteiger charge is 2.29. The van der Waals surface area contributed by atoms with E-state index < -0.39 is 10.4 Å². The van der Waals surface area contributed by atoms with E-state index in [4.69, 9.17) is 0 Å². The Balaban J connectivity index is 2.93. The minimum Gasteiger partial charge on any atom is -0.259 e. The highest BCUT2D eigenvalue weighted by molar-refractivity contribution is 8.00. The molecule has 0 unspecified atom stereocenters. The van der Waals surface area contributed by atoms with E-state index in [-0.39, 0.29) is 28.3 Å². The molecule has 0 atom stereocenters. The number of nitrogens with zero attached hydrogens (tertiary/aromatic N) is 1. The van der Waals surface area contributed by atoms with Crippen molar-refractivity contribution in [1.82, 2.24) is 0 Å². The molecular weight excluding hydrogens is 279 g/mol. The van der Waals surface area contributed by atoms with Crippen molar-refractivity contribution in [1.29, 1.82) is 0 Å². The van der Waals surface area contributed by atoms with Gasteiger partial charge in [0.1, 0.15) is 0 Å². The highest BCUT2D eigenvalue weighted by Crippen LogP contribution is 2.36. The van der Waals surface area contributed by atoms with Gasteiger partial charge in [0.05, 0.1) is 4.92 Å². The third kappa shape index (κ3) is 5.34. The van der Waals surface area contributed by atoms with Crippen molar-refractivity contribution in [2.45, 2.75) is 24.3 Å². The van der Waals surface area contributed by atoms with Crippen molar-refractivity contribution in [3.05, 3.63) is 45.6 Å². The van der Waals surface area contributed by atoms with Gasteiger partial charge in [-0.2, -0.15) is 13.2 Å². The van der Waals surface area contributed by atoms with Crippen LogP contribution in [0.3, 0.4) is 0 Å². The van der Waals surface area contributed by atoms with Crippen LogP contribution in [0.2, 0.25) is 0 Å². The molecule has 0 amide bonds. The number of halogens is 3. The third-order valence-electron chi connectivity index (χ3n) is 2.23. The number of allylic oxidation sites excluding steroid dienone is 1. The Bertz CT molecular complexity index is 481. The summed E-state index contributed by atoms with van der Waals surface area (Å²) in [5, 5.41) is 10.8. The lowest BCUT2D eigenvalue weighted by Crippen LogP contribution is -2.05. The predicted molar refractivity (Wildman–Crippen MR) is 68.2 cm³/mol. The smallest absolute Gasteiger partial charge is 0.259 e. The Morgan fingerprint density at radius 1 is 1.32 bits per heavy atom. The first-order valence-electron chi connectivity index (χ1n) is 5.41. The van der Waals surface area contributed by atoms with E-state index in [1.807, 2.05) is 0 Å². The van der Waals surface area contributed by atoms with Crippen LogP contribution in [-0.4, -0.2) is 10.4 Å². The normalized spacial score (nSPS) is 12.8. The van der Waals surface area contributed by atoms with Crippen LogP contribution in [0.25, 0.3) is 6.08 Å². The molecule has 0 aliphatic carbocycles. The fourth-order valence-electron chi connectivity index (χ4n) is 1.37. The van der Waals surface area contributed by atoms with Gasteiger partial charge < -0.3 is 0 Å².